The summed E-state index contributed by atoms with van der Waals surface area (Å²) in [7, 11) is 1.73. The van der Waals surface area contributed by atoms with Gasteiger partial charge in [0.15, 0.2) is 0 Å². The van der Waals surface area contributed by atoms with E-state index in [9.17, 15) is 4.79 Å². The monoisotopic (exact) mass is 293 g/mol. The quantitative estimate of drug-likeness (QED) is 0.831. The maximum atomic E-state index is 12.8. The summed E-state index contributed by atoms with van der Waals surface area (Å²) >= 11 is 0. The third-order valence-electron chi connectivity index (χ3n) is 4.74. The fraction of sp³-hybridized carbons (Fsp3) is 0.733. The Hall–Kier alpha value is -1.40. The second kappa shape index (κ2) is 5.77. The number of methoxy groups -OCH3 is 1. The van der Waals surface area contributed by atoms with E-state index in [1.807, 2.05) is 11.8 Å². The Kier molecular flexibility index (Phi) is 3.99. The molecule has 0 radical (unpaired) electrons. The number of nitrogens with zero attached hydrogens (tertiary/aromatic N) is 3. The zero-order valence-electron chi connectivity index (χ0n) is 13.0. The molecule has 0 spiro atoms. The Morgan fingerprint density at radius 3 is 2.90 bits per heavy atom. The fourth-order valence-electron chi connectivity index (χ4n) is 3.64. The number of aromatic nitrogens is 1. The summed E-state index contributed by atoms with van der Waals surface area (Å²) < 4.78 is 10.3. The molecule has 1 aromatic heterocycles. The zero-order chi connectivity index (χ0) is 15.0. The molecule has 2 fully saturated rings. The Bertz CT molecular complexity index is 509. The van der Waals surface area contributed by atoms with Gasteiger partial charge in [-0.25, -0.2) is 0 Å². The van der Waals surface area contributed by atoms with E-state index in [4.69, 9.17) is 9.26 Å². The number of carbonyl (C=O) groups is 1. The molecule has 2 atom stereocenters. The molecule has 0 aromatic carbocycles. The van der Waals surface area contributed by atoms with Gasteiger partial charge in [0.1, 0.15) is 11.3 Å². The molecular weight excluding hydrogens is 270 g/mol. The van der Waals surface area contributed by atoms with Crippen LogP contribution in [0.15, 0.2) is 4.52 Å². The summed E-state index contributed by atoms with van der Waals surface area (Å²) in [5, 5.41) is 3.90. The number of amides is 1. The first-order valence-electron chi connectivity index (χ1n) is 7.57. The van der Waals surface area contributed by atoms with Gasteiger partial charge in [0.05, 0.1) is 12.3 Å². The van der Waals surface area contributed by atoms with Gasteiger partial charge >= 0.3 is 0 Å². The van der Waals surface area contributed by atoms with Gasteiger partial charge in [0.25, 0.3) is 5.91 Å². The summed E-state index contributed by atoms with van der Waals surface area (Å²) in [5.41, 5.74) is 1.33. The van der Waals surface area contributed by atoms with Crippen LogP contribution in [0.3, 0.4) is 0 Å². The fourth-order valence-corrected chi connectivity index (χ4v) is 3.64. The predicted molar refractivity (Wildman–Crippen MR) is 77.2 cm³/mol. The molecule has 0 bridgehead atoms. The summed E-state index contributed by atoms with van der Waals surface area (Å²) in [6.45, 7) is 8.18. The van der Waals surface area contributed by atoms with Crippen molar-refractivity contribution in [3.63, 3.8) is 0 Å². The van der Waals surface area contributed by atoms with E-state index in [0.29, 0.717) is 29.0 Å². The normalized spacial score (nSPS) is 25.6. The van der Waals surface area contributed by atoms with Crippen LogP contribution < -0.4 is 0 Å². The number of hydrogen-bond donors (Lipinski definition) is 0. The standard InChI is InChI=1S/C15H23N3O3/c1-10-14(11(2)21-16-10)15(19)18-5-4-12-8-17(6-7-20-3)9-13(12)18/h12-13H,4-9H2,1-3H3. The minimum Gasteiger partial charge on any atom is -0.383 e. The van der Waals surface area contributed by atoms with E-state index in [2.05, 4.69) is 10.1 Å². The van der Waals surface area contributed by atoms with Crippen LogP contribution in [0.1, 0.15) is 28.2 Å². The van der Waals surface area contributed by atoms with Crippen LogP contribution in [0.4, 0.5) is 0 Å². The van der Waals surface area contributed by atoms with Gasteiger partial charge < -0.3 is 14.2 Å². The Labute approximate surface area is 125 Å². The Balaban J connectivity index is 1.71. The Morgan fingerprint density at radius 2 is 2.24 bits per heavy atom. The molecular formula is C15H23N3O3. The number of aryl methyl sites for hydroxylation is 2. The van der Waals surface area contributed by atoms with Crippen LogP contribution in [0, 0.1) is 19.8 Å². The van der Waals surface area contributed by atoms with Gasteiger partial charge in [0.2, 0.25) is 0 Å². The molecule has 1 aromatic rings. The van der Waals surface area contributed by atoms with Crippen LogP contribution in [-0.4, -0.2) is 66.8 Å². The van der Waals surface area contributed by atoms with Gasteiger partial charge in [-0.2, -0.15) is 0 Å². The smallest absolute Gasteiger partial charge is 0.259 e. The molecule has 2 aliphatic heterocycles. The van der Waals surface area contributed by atoms with Crippen molar-refractivity contribution in [2.45, 2.75) is 26.3 Å². The molecule has 0 N–H and O–H groups in total. The first-order valence-corrected chi connectivity index (χ1v) is 7.57. The molecule has 0 saturated carbocycles. The lowest BCUT2D eigenvalue weighted by atomic mass is 10.0. The van der Waals surface area contributed by atoms with Gasteiger partial charge in [-0.15, -0.1) is 0 Å². The highest BCUT2D eigenvalue weighted by Gasteiger charge is 2.44. The second-order valence-electron chi connectivity index (χ2n) is 6.07. The van der Waals surface area contributed by atoms with Crippen LogP contribution in [-0.2, 0) is 4.74 Å². The molecule has 3 heterocycles. The number of carbonyl (C=O) groups excluding carboxylic acids is 1. The molecule has 21 heavy (non-hydrogen) atoms. The predicted octanol–water partition coefficient (Wildman–Crippen LogP) is 1.08. The second-order valence-corrected chi connectivity index (χ2v) is 6.07. The van der Waals surface area contributed by atoms with E-state index >= 15 is 0 Å². The summed E-state index contributed by atoms with van der Waals surface area (Å²) in [6, 6.07) is 0.322. The van der Waals surface area contributed by atoms with Crippen molar-refractivity contribution < 1.29 is 14.1 Å². The van der Waals surface area contributed by atoms with Crippen molar-refractivity contribution >= 4 is 5.91 Å². The molecule has 2 saturated heterocycles. The van der Waals surface area contributed by atoms with Gasteiger partial charge in [0, 0.05) is 39.3 Å². The minimum absolute atomic E-state index is 0.0762. The SMILES string of the molecule is COCCN1CC2CCN(C(=O)c3c(C)noc3C)C2C1. The molecule has 3 rings (SSSR count). The zero-order valence-corrected chi connectivity index (χ0v) is 13.0. The lowest BCUT2D eigenvalue weighted by Crippen LogP contribution is -2.40. The van der Waals surface area contributed by atoms with E-state index < -0.39 is 0 Å². The van der Waals surface area contributed by atoms with Gasteiger partial charge in [-0.1, -0.05) is 5.16 Å². The highest BCUT2D eigenvalue weighted by atomic mass is 16.5. The van der Waals surface area contributed by atoms with Crippen LogP contribution >= 0.6 is 0 Å². The van der Waals surface area contributed by atoms with Crippen molar-refractivity contribution in [3.8, 4) is 0 Å². The maximum absolute atomic E-state index is 12.8. The Morgan fingerprint density at radius 1 is 1.43 bits per heavy atom. The molecule has 6 nitrogen and oxygen atoms in total. The van der Waals surface area contributed by atoms with Gasteiger partial charge in [-0.3, -0.25) is 9.69 Å². The highest BCUT2D eigenvalue weighted by molar-refractivity contribution is 5.96. The van der Waals surface area contributed by atoms with E-state index in [1.54, 1.807) is 14.0 Å². The minimum atomic E-state index is 0.0762. The third kappa shape index (κ3) is 2.58. The highest BCUT2D eigenvalue weighted by Crippen LogP contribution is 2.33. The number of fused-ring (bicyclic) bond motifs is 1. The lowest BCUT2D eigenvalue weighted by Gasteiger charge is -2.25. The number of rotatable bonds is 4. The van der Waals surface area contributed by atoms with E-state index in [0.717, 1.165) is 39.2 Å². The van der Waals surface area contributed by atoms with Crippen molar-refractivity contribution in [1.82, 2.24) is 15.0 Å². The van der Waals surface area contributed by atoms with Crippen molar-refractivity contribution in [2.24, 2.45) is 5.92 Å². The summed E-state index contributed by atoms with van der Waals surface area (Å²) in [4.78, 5) is 17.2. The molecule has 2 aliphatic rings. The summed E-state index contributed by atoms with van der Waals surface area (Å²) in [6.07, 6.45) is 1.09. The number of likely N-dealkylation sites (tertiary alicyclic amines) is 2. The molecule has 1 amide bonds. The average Bonchev–Trinajstić information content (AvgIpc) is 3.10. The molecule has 2 unspecified atom stereocenters. The van der Waals surface area contributed by atoms with Crippen molar-refractivity contribution in [2.75, 3.05) is 39.9 Å². The lowest BCUT2D eigenvalue weighted by molar-refractivity contribution is 0.0720. The van der Waals surface area contributed by atoms with Crippen molar-refractivity contribution in [1.29, 1.82) is 0 Å². The molecule has 6 heteroatoms. The molecule has 116 valence electrons. The third-order valence-corrected chi connectivity index (χ3v) is 4.74. The number of hydrogen-bond acceptors (Lipinski definition) is 5. The topological polar surface area (TPSA) is 58.8 Å². The van der Waals surface area contributed by atoms with Crippen LogP contribution in [0.2, 0.25) is 0 Å². The summed E-state index contributed by atoms with van der Waals surface area (Å²) in [5.74, 6) is 1.29. The first-order chi connectivity index (χ1) is 10.1. The average molecular weight is 293 g/mol. The number of ether oxygens (including phenoxy) is 1. The van der Waals surface area contributed by atoms with Gasteiger partial charge in [-0.05, 0) is 26.2 Å². The van der Waals surface area contributed by atoms with E-state index in [-0.39, 0.29) is 5.91 Å². The van der Waals surface area contributed by atoms with Crippen molar-refractivity contribution in [3.05, 3.63) is 17.0 Å². The maximum Gasteiger partial charge on any atom is 0.259 e. The van der Waals surface area contributed by atoms with Crippen LogP contribution in [0.25, 0.3) is 0 Å². The first kappa shape index (κ1) is 14.5. The molecule has 0 aliphatic carbocycles. The largest absolute Gasteiger partial charge is 0.383 e. The van der Waals surface area contributed by atoms with E-state index in [1.165, 1.54) is 0 Å². The van der Waals surface area contributed by atoms with Crippen LogP contribution in [0.5, 0.6) is 0 Å².